The van der Waals surface area contributed by atoms with Crippen LogP contribution >= 0.6 is 43.2 Å². The summed E-state index contributed by atoms with van der Waals surface area (Å²) in [5.74, 6) is 0.824. The van der Waals surface area contributed by atoms with Gasteiger partial charge in [-0.3, -0.25) is 0 Å². The molecule has 3 rings (SSSR count). The number of aliphatic imine (C=N–C) groups is 1. The molecule has 0 N–H and O–H groups in total. The Morgan fingerprint density at radius 3 is 1.82 bits per heavy atom. The van der Waals surface area contributed by atoms with Crippen LogP contribution in [-0.4, -0.2) is 17.1 Å². The number of para-hydroxylation sites is 1. The topological polar surface area (TPSA) is 21.6 Å². The molecule has 0 radical (unpaired) electrons. The van der Waals surface area contributed by atoms with Gasteiger partial charge in [-0.1, -0.05) is 124 Å². The van der Waals surface area contributed by atoms with Crippen molar-refractivity contribution in [1.82, 2.24) is 0 Å². The minimum Gasteiger partial charge on any atom is -0.481 e. The molecule has 174 valence electrons. The first-order valence-electron chi connectivity index (χ1n) is 11.4. The van der Waals surface area contributed by atoms with E-state index in [-0.39, 0.29) is 0 Å². The van der Waals surface area contributed by atoms with Crippen molar-refractivity contribution in [2.75, 3.05) is 6.61 Å². The van der Waals surface area contributed by atoms with Crippen molar-refractivity contribution in [3.05, 3.63) is 91.0 Å². The molecule has 3 aromatic rings. The molecule has 0 aliphatic heterocycles. The molecule has 6 heteroatoms. The minimum absolute atomic E-state index is 0.290. The first-order chi connectivity index (χ1) is 16.3. The number of hydrogen-bond acceptors (Lipinski definition) is 6. The summed E-state index contributed by atoms with van der Waals surface area (Å²) in [6.07, 6.45) is 5.54. The zero-order chi connectivity index (χ0) is 23.0. The van der Waals surface area contributed by atoms with Crippen molar-refractivity contribution in [2.24, 2.45) is 4.99 Å². The lowest BCUT2D eigenvalue weighted by atomic mass is 10.2. The van der Waals surface area contributed by atoms with Gasteiger partial charge in [0.25, 0.3) is 0 Å². The Bertz CT molecular complexity index is 879. The molecule has 3 aromatic carbocycles. The normalized spacial score (nSPS) is 11.6. The SMILES string of the molecule is CCCCCCOC(CC(SSc1ccccc1)SSc1ccccc1)=Nc1ccccc1. The van der Waals surface area contributed by atoms with E-state index in [0.717, 1.165) is 31.0 Å². The Morgan fingerprint density at radius 2 is 1.27 bits per heavy atom. The second-order valence-electron chi connectivity index (χ2n) is 7.37. The molecule has 0 unspecified atom stereocenters. The van der Waals surface area contributed by atoms with Gasteiger partial charge in [0.2, 0.25) is 0 Å². The number of hydrogen-bond donors (Lipinski definition) is 0. The summed E-state index contributed by atoms with van der Waals surface area (Å²) >= 11 is 0. The molecule has 0 bridgehead atoms. The first kappa shape index (κ1) is 26.1. The monoisotopic (exact) mass is 513 g/mol. The maximum Gasteiger partial charge on any atom is 0.190 e. The van der Waals surface area contributed by atoms with E-state index >= 15 is 0 Å². The van der Waals surface area contributed by atoms with E-state index in [1.165, 1.54) is 29.1 Å². The van der Waals surface area contributed by atoms with Crippen LogP contribution in [0, 0.1) is 0 Å². The van der Waals surface area contributed by atoms with E-state index in [1.807, 2.05) is 73.5 Å². The van der Waals surface area contributed by atoms with E-state index in [9.17, 15) is 0 Å². The first-order valence-corrected chi connectivity index (χ1v) is 15.8. The van der Waals surface area contributed by atoms with Crippen LogP contribution in [0.3, 0.4) is 0 Å². The van der Waals surface area contributed by atoms with Crippen LogP contribution in [0.1, 0.15) is 39.0 Å². The Hall–Kier alpha value is -1.47. The molecule has 0 aromatic heterocycles. The highest BCUT2D eigenvalue weighted by Gasteiger charge is 2.17. The zero-order valence-electron chi connectivity index (χ0n) is 19.0. The molecule has 33 heavy (non-hydrogen) atoms. The summed E-state index contributed by atoms with van der Waals surface area (Å²) in [6, 6.07) is 31.2. The Morgan fingerprint density at radius 1 is 0.727 bits per heavy atom. The number of benzene rings is 3. The molecule has 0 aliphatic rings. The van der Waals surface area contributed by atoms with Gasteiger partial charge in [0.15, 0.2) is 5.90 Å². The predicted molar refractivity (Wildman–Crippen MR) is 152 cm³/mol. The predicted octanol–water partition coefficient (Wildman–Crippen LogP) is 9.91. The van der Waals surface area contributed by atoms with Crippen molar-refractivity contribution < 1.29 is 4.74 Å². The number of ether oxygens (including phenoxy) is 1. The molecule has 0 saturated carbocycles. The largest absolute Gasteiger partial charge is 0.481 e. The van der Waals surface area contributed by atoms with Crippen molar-refractivity contribution >= 4 is 54.8 Å². The van der Waals surface area contributed by atoms with Crippen molar-refractivity contribution in [3.63, 3.8) is 0 Å². The highest BCUT2D eigenvalue weighted by atomic mass is 33.1. The molecule has 0 saturated heterocycles. The second kappa shape index (κ2) is 16.2. The zero-order valence-corrected chi connectivity index (χ0v) is 22.2. The average molecular weight is 514 g/mol. The van der Waals surface area contributed by atoms with E-state index in [1.54, 1.807) is 0 Å². The van der Waals surface area contributed by atoms with Crippen molar-refractivity contribution in [3.8, 4) is 0 Å². The summed E-state index contributed by atoms with van der Waals surface area (Å²) in [5, 5.41) is 0. The third kappa shape index (κ3) is 11.0. The van der Waals surface area contributed by atoms with E-state index in [2.05, 4.69) is 67.6 Å². The third-order valence-corrected chi connectivity index (χ3v) is 10.9. The Labute approximate surface area is 214 Å². The molecule has 0 aliphatic carbocycles. The van der Waals surface area contributed by atoms with Crippen LogP contribution in [0.2, 0.25) is 0 Å². The van der Waals surface area contributed by atoms with Crippen LogP contribution < -0.4 is 0 Å². The van der Waals surface area contributed by atoms with E-state index in [0.29, 0.717) is 4.58 Å². The van der Waals surface area contributed by atoms with Gasteiger partial charge in [0, 0.05) is 16.2 Å². The van der Waals surface area contributed by atoms with Gasteiger partial charge in [-0.2, -0.15) is 0 Å². The van der Waals surface area contributed by atoms with Gasteiger partial charge in [-0.15, -0.1) is 0 Å². The molecule has 0 atom stereocenters. The fraction of sp³-hybridized carbons (Fsp3) is 0.296. The smallest absolute Gasteiger partial charge is 0.190 e. The maximum atomic E-state index is 6.23. The van der Waals surface area contributed by atoms with Gasteiger partial charge in [-0.25, -0.2) is 4.99 Å². The van der Waals surface area contributed by atoms with Crippen LogP contribution in [0.4, 0.5) is 5.69 Å². The highest BCUT2D eigenvalue weighted by molar-refractivity contribution is 8.85. The fourth-order valence-electron chi connectivity index (χ4n) is 2.90. The van der Waals surface area contributed by atoms with Crippen LogP contribution in [0.15, 0.2) is 106 Å². The molecular weight excluding hydrogens is 483 g/mol. The van der Waals surface area contributed by atoms with Crippen molar-refractivity contribution in [1.29, 1.82) is 0 Å². The lowest BCUT2D eigenvalue weighted by Gasteiger charge is -2.17. The molecule has 0 spiro atoms. The maximum absolute atomic E-state index is 6.23. The summed E-state index contributed by atoms with van der Waals surface area (Å²) in [7, 11) is 7.39. The Balaban J connectivity index is 1.68. The fourth-order valence-corrected chi connectivity index (χ4v) is 8.67. The van der Waals surface area contributed by atoms with Crippen LogP contribution in [0.25, 0.3) is 0 Å². The molecule has 0 amide bonds. The molecule has 0 fully saturated rings. The molecule has 0 heterocycles. The lowest BCUT2D eigenvalue weighted by molar-refractivity contribution is 0.285. The van der Waals surface area contributed by atoms with Crippen LogP contribution in [-0.2, 0) is 4.74 Å². The quantitative estimate of drug-likeness (QED) is 0.0701. The summed E-state index contributed by atoms with van der Waals surface area (Å²) in [4.78, 5) is 7.40. The highest BCUT2D eigenvalue weighted by Crippen LogP contribution is 2.47. The molecule has 2 nitrogen and oxygen atoms in total. The standard InChI is InChI=1S/C27H31NOS4/c1-2-3-4-14-21-29-26(28-23-15-8-5-9-16-23)22-27(32-30-24-17-10-6-11-18-24)33-31-25-19-12-7-13-20-25/h5-13,15-20,27H,2-4,14,21-22H2,1H3. The average Bonchev–Trinajstić information content (AvgIpc) is 2.87. The van der Waals surface area contributed by atoms with E-state index in [4.69, 9.17) is 9.73 Å². The third-order valence-electron chi connectivity index (χ3n) is 4.61. The molecular formula is C27H31NOS4. The van der Waals surface area contributed by atoms with Gasteiger partial charge in [-0.05, 0) is 42.8 Å². The summed E-state index contributed by atoms with van der Waals surface area (Å²) < 4.78 is 6.52. The minimum atomic E-state index is 0.290. The summed E-state index contributed by atoms with van der Waals surface area (Å²) in [5.41, 5.74) is 0.946. The van der Waals surface area contributed by atoms with Crippen LogP contribution in [0.5, 0.6) is 0 Å². The van der Waals surface area contributed by atoms with Gasteiger partial charge in [0.05, 0.1) is 16.9 Å². The van der Waals surface area contributed by atoms with Gasteiger partial charge in [0.1, 0.15) is 0 Å². The summed E-state index contributed by atoms with van der Waals surface area (Å²) in [6.45, 7) is 2.96. The van der Waals surface area contributed by atoms with Gasteiger partial charge < -0.3 is 4.74 Å². The second-order valence-corrected chi connectivity index (χ2v) is 12.6. The van der Waals surface area contributed by atoms with Crippen molar-refractivity contribution in [2.45, 2.75) is 53.4 Å². The number of nitrogens with zero attached hydrogens (tertiary/aromatic N) is 1. The van der Waals surface area contributed by atoms with Gasteiger partial charge >= 0.3 is 0 Å². The van der Waals surface area contributed by atoms with E-state index < -0.39 is 0 Å². The Kier molecular flexibility index (Phi) is 12.8. The number of rotatable bonds is 14. The number of unbranched alkanes of at least 4 members (excludes halogenated alkanes) is 3. The lowest BCUT2D eigenvalue weighted by Crippen LogP contribution is -2.11.